The molecule has 0 amide bonds. The third kappa shape index (κ3) is 3.28. The van der Waals surface area contributed by atoms with Crippen molar-refractivity contribution in [1.82, 2.24) is 0 Å². The predicted octanol–water partition coefficient (Wildman–Crippen LogP) is 3.07. The summed E-state index contributed by atoms with van der Waals surface area (Å²) >= 11 is 0. The Balaban J connectivity index is 2.22. The molecule has 0 unspecified atom stereocenters. The van der Waals surface area contributed by atoms with Gasteiger partial charge in [0.2, 0.25) is 0 Å². The van der Waals surface area contributed by atoms with Crippen LogP contribution in [0.3, 0.4) is 0 Å². The monoisotopic (exact) mass is 267 g/mol. The maximum atomic E-state index is 8.88. The van der Waals surface area contributed by atoms with E-state index in [1.165, 1.54) is 5.56 Å². The topological polar surface area (TPSA) is 71.1 Å². The lowest BCUT2D eigenvalue weighted by Crippen LogP contribution is -2.00. The van der Waals surface area contributed by atoms with Crippen molar-refractivity contribution in [1.29, 1.82) is 5.26 Å². The van der Waals surface area contributed by atoms with Gasteiger partial charge in [-0.1, -0.05) is 18.2 Å². The third-order valence-corrected chi connectivity index (χ3v) is 3.04. The number of hydrogen-bond donors (Lipinski definition) is 2. The second-order valence-electron chi connectivity index (χ2n) is 4.44. The minimum Gasteiger partial charge on any atom is -0.398 e. The van der Waals surface area contributed by atoms with Gasteiger partial charge in [0.25, 0.3) is 0 Å². The highest BCUT2D eigenvalue weighted by atomic mass is 16.5. The molecule has 102 valence electrons. The molecule has 2 aromatic rings. The van der Waals surface area contributed by atoms with Gasteiger partial charge in [-0.3, -0.25) is 0 Å². The summed E-state index contributed by atoms with van der Waals surface area (Å²) in [6.45, 7) is 0.675. The summed E-state index contributed by atoms with van der Waals surface area (Å²) in [4.78, 5) is 0. The molecule has 0 aliphatic heterocycles. The molecule has 0 aliphatic carbocycles. The molecule has 0 heterocycles. The number of nitriles is 1. The molecule has 0 saturated heterocycles. The Bertz CT molecular complexity index is 632. The molecule has 3 N–H and O–H groups in total. The van der Waals surface area contributed by atoms with E-state index in [0.717, 1.165) is 17.8 Å². The average molecular weight is 267 g/mol. The van der Waals surface area contributed by atoms with Crippen LogP contribution in [0.25, 0.3) is 0 Å². The van der Waals surface area contributed by atoms with Crippen LogP contribution in [-0.4, -0.2) is 13.7 Å². The van der Waals surface area contributed by atoms with Gasteiger partial charge in [0.1, 0.15) is 6.07 Å². The lowest BCUT2D eigenvalue weighted by Gasteiger charge is -2.12. The number of anilines is 3. The van der Waals surface area contributed by atoms with Crippen molar-refractivity contribution >= 4 is 17.1 Å². The molecule has 0 aliphatic rings. The van der Waals surface area contributed by atoms with Crippen molar-refractivity contribution < 1.29 is 4.74 Å². The van der Waals surface area contributed by atoms with Crippen LogP contribution in [0.1, 0.15) is 11.1 Å². The number of nitrogen functional groups attached to an aromatic ring is 1. The van der Waals surface area contributed by atoms with Gasteiger partial charge in [-0.2, -0.15) is 5.26 Å². The van der Waals surface area contributed by atoms with Gasteiger partial charge in [0.05, 0.1) is 17.9 Å². The first-order valence-corrected chi connectivity index (χ1v) is 6.38. The molecule has 0 atom stereocenters. The molecule has 0 bridgehead atoms. The second-order valence-corrected chi connectivity index (χ2v) is 4.44. The number of benzene rings is 2. The fourth-order valence-corrected chi connectivity index (χ4v) is 1.97. The number of hydrogen-bond acceptors (Lipinski definition) is 4. The molecule has 4 heteroatoms. The minimum absolute atomic E-state index is 0.479. The molecule has 0 saturated carbocycles. The maximum Gasteiger partial charge on any atom is 0.101 e. The number of nitrogens with zero attached hydrogens (tertiary/aromatic N) is 1. The van der Waals surface area contributed by atoms with Crippen LogP contribution in [0.2, 0.25) is 0 Å². The molecule has 4 nitrogen and oxygen atoms in total. The number of methoxy groups -OCH3 is 1. The zero-order valence-corrected chi connectivity index (χ0v) is 11.4. The Labute approximate surface area is 118 Å². The summed E-state index contributed by atoms with van der Waals surface area (Å²) in [5.41, 5.74) is 9.86. The molecular formula is C16H17N3O. The first kappa shape index (κ1) is 13.9. The van der Waals surface area contributed by atoms with Crippen LogP contribution in [0.5, 0.6) is 0 Å². The van der Waals surface area contributed by atoms with Crippen LogP contribution < -0.4 is 11.1 Å². The van der Waals surface area contributed by atoms with Crippen LogP contribution >= 0.6 is 0 Å². The highest BCUT2D eigenvalue weighted by Crippen LogP contribution is 2.24. The van der Waals surface area contributed by atoms with Crippen molar-refractivity contribution in [2.75, 3.05) is 24.8 Å². The Morgan fingerprint density at radius 1 is 1.25 bits per heavy atom. The van der Waals surface area contributed by atoms with E-state index in [1.54, 1.807) is 19.2 Å². The fourth-order valence-electron chi connectivity index (χ4n) is 1.97. The van der Waals surface area contributed by atoms with Gasteiger partial charge in [-0.15, -0.1) is 0 Å². The summed E-state index contributed by atoms with van der Waals surface area (Å²) in [6.07, 6.45) is 0.839. The molecule has 0 aromatic heterocycles. The van der Waals surface area contributed by atoms with Crippen molar-refractivity contribution in [2.24, 2.45) is 0 Å². The summed E-state index contributed by atoms with van der Waals surface area (Å²) in [7, 11) is 1.69. The zero-order valence-electron chi connectivity index (χ0n) is 11.4. The highest BCUT2D eigenvalue weighted by molar-refractivity contribution is 5.69. The molecule has 0 fully saturated rings. The Morgan fingerprint density at radius 3 is 2.75 bits per heavy atom. The second kappa shape index (κ2) is 6.60. The Morgan fingerprint density at radius 2 is 2.05 bits per heavy atom. The zero-order chi connectivity index (χ0) is 14.4. The third-order valence-electron chi connectivity index (χ3n) is 3.04. The first-order valence-electron chi connectivity index (χ1n) is 6.38. The van der Waals surface area contributed by atoms with Gasteiger partial charge in [0, 0.05) is 18.5 Å². The van der Waals surface area contributed by atoms with Gasteiger partial charge in [0.15, 0.2) is 0 Å². The van der Waals surface area contributed by atoms with Gasteiger partial charge in [-0.05, 0) is 36.2 Å². The maximum absolute atomic E-state index is 8.88. The quantitative estimate of drug-likeness (QED) is 0.817. The largest absolute Gasteiger partial charge is 0.398 e. The number of rotatable bonds is 5. The lowest BCUT2D eigenvalue weighted by atomic mass is 10.1. The van der Waals surface area contributed by atoms with E-state index in [-0.39, 0.29) is 0 Å². The van der Waals surface area contributed by atoms with Crippen LogP contribution in [-0.2, 0) is 11.2 Å². The van der Waals surface area contributed by atoms with E-state index in [9.17, 15) is 0 Å². The summed E-state index contributed by atoms with van der Waals surface area (Å²) in [5.74, 6) is 0. The Kier molecular flexibility index (Phi) is 4.59. The number of nitrogens with one attached hydrogen (secondary N) is 1. The average Bonchev–Trinajstić information content (AvgIpc) is 2.46. The normalized spacial score (nSPS) is 10.0. The lowest BCUT2D eigenvalue weighted by molar-refractivity contribution is 0.202. The predicted molar refractivity (Wildman–Crippen MR) is 80.9 cm³/mol. The summed E-state index contributed by atoms with van der Waals surface area (Å²) in [5, 5.41) is 12.2. The number of para-hydroxylation sites is 1. The molecular weight excluding hydrogens is 250 g/mol. The fraction of sp³-hybridized carbons (Fsp3) is 0.188. The molecule has 2 aromatic carbocycles. The molecule has 0 spiro atoms. The van der Waals surface area contributed by atoms with E-state index >= 15 is 0 Å². The standard InChI is InChI=1S/C16H17N3O/c1-20-9-8-12-4-2-3-5-16(12)19-14-7-6-13(11-17)15(18)10-14/h2-7,10,19H,8-9,18H2,1H3. The molecule has 2 rings (SSSR count). The minimum atomic E-state index is 0.479. The van der Waals surface area contributed by atoms with Crippen molar-refractivity contribution in [2.45, 2.75) is 6.42 Å². The van der Waals surface area contributed by atoms with Gasteiger partial charge < -0.3 is 15.8 Å². The summed E-state index contributed by atoms with van der Waals surface area (Å²) < 4.78 is 5.12. The smallest absolute Gasteiger partial charge is 0.101 e. The Hall–Kier alpha value is -2.51. The van der Waals surface area contributed by atoms with Gasteiger partial charge >= 0.3 is 0 Å². The van der Waals surface area contributed by atoms with Crippen molar-refractivity contribution in [3.63, 3.8) is 0 Å². The number of ether oxygens (including phenoxy) is 1. The van der Waals surface area contributed by atoms with E-state index < -0.39 is 0 Å². The van der Waals surface area contributed by atoms with Crippen LogP contribution in [0, 0.1) is 11.3 Å². The van der Waals surface area contributed by atoms with E-state index in [1.807, 2.05) is 24.3 Å². The number of nitrogens with two attached hydrogens (primary N) is 1. The van der Waals surface area contributed by atoms with Crippen LogP contribution in [0.4, 0.5) is 17.1 Å². The van der Waals surface area contributed by atoms with E-state index in [0.29, 0.717) is 17.9 Å². The summed E-state index contributed by atoms with van der Waals surface area (Å²) in [6, 6.07) is 15.5. The van der Waals surface area contributed by atoms with Crippen LogP contribution in [0.15, 0.2) is 42.5 Å². The highest BCUT2D eigenvalue weighted by Gasteiger charge is 2.04. The van der Waals surface area contributed by atoms with E-state index in [4.69, 9.17) is 15.7 Å². The van der Waals surface area contributed by atoms with Crippen molar-refractivity contribution in [3.05, 3.63) is 53.6 Å². The molecule has 0 radical (unpaired) electrons. The first-order chi connectivity index (χ1) is 9.74. The van der Waals surface area contributed by atoms with Gasteiger partial charge in [-0.25, -0.2) is 0 Å². The van der Waals surface area contributed by atoms with Crippen molar-refractivity contribution in [3.8, 4) is 6.07 Å². The molecule has 20 heavy (non-hydrogen) atoms. The SMILES string of the molecule is COCCc1ccccc1Nc1ccc(C#N)c(N)c1. The van der Waals surface area contributed by atoms with E-state index in [2.05, 4.69) is 17.5 Å².